The number of aromatic nitrogens is 5. The van der Waals surface area contributed by atoms with Crippen molar-refractivity contribution in [2.75, 3.05) is 33.7 Å². The van der Waals surface area contributed by atoms with E-state index in [1.807, 2.05) is 32.5 Å². The maximum Gasteiger partial charge on any atom is 0.345 e. The molecule has 2 aromatic rings. The van der Waals surface area contributed by atoms with Gasteiger partial charge in [0.05, 0.1) is 12.2 Å². The van der Waals surface area contributed by atoms with Gasteiger partial charge in [0.25, 0.3) is 0 Å². The normalized spacial score (nSPS) is 18.7. The van der Waals surface area contributed by atoms with Gasteiger partial charge in [-0.2, -0.15) is 10.2 Å². The predicted molar refractivity (Wildman–Crippen MR) is 101 cm³/mol. The minimum atomic E-state index is 0.0180. The number of hydrogen-bond acceptors (Lipinski definition) is 5. The maximum absolute atomic E-state index is 12.7. The van der Waals surface area contributed by atoms with Crippen LogP contribution < -0.4 is 5.69 Å². The Balaban J connectivity index is 1.74. The van der Waals surface area contributed by atoms with Gasteiger partial charge in [-0.1, -0.05) is 0 Å². The molecule has 3 heterocycles. The zero-order chi connectivity index (χ0) is 18.7. The first-order chi connectivity index (χ1) is 12.5. The molecule has 8 heteroatoms. The van der Waals surface area contributed by atoms with E-state index in [0.717, 1.165) is 56.2 Å². The summed E-state index contributed by atoms with van der Waals surface area (Å²) in [5.74, 6) is 1.25. The van der Waals surface area contributed by atoms with Gasteiger partial charge in [-0.05, 0) is 53.4 Å². The van der Waals surface area contributed by atoms with Crippen molar-refractivity contribution in [2.45, 2.75) is 52.2 Å². The van der Waals surface area contributed by atoms with Crippen LogP contribution in [-0.2, 0) is 19.6 Å². The Kier molecular flexibility index (Phi) is 5.93. The monoisotopic (exact) mass is 361 g/mol. The predicted octanol–water partition coefficient (Wildman–Crippen LogP) is 1.04. The third kappa shape index (κ3) is 4.24. The smallest absolute Gasteiger partial charge is 0.308 e. The van der Waals surface area contributed by atoms with Gasteiger partial charge in [0.15, 0.2) is 0 Å². The van der Waals surface area contributed by atoms with Crippen LogP contribution in [0.5, 0.6) is 0 Å². The summed E-state index contributed by atoms with van der Waals surface area (Å²) in [5.41, 5.74) is 2.19. The van der Waals surface area contributed by atoms with Gasteiger partial charge < -0.3 is 4.90 Å². The lowest BCUT2D eigenvalue weighted by Crippen LogP contribution is -2.35. The van der Waals surface area contributed by atoms with Crippen LogP contribution in [0.15, 0.2) is 10.9 Å². The Labute approximate surface area is 154 Å². The fraction of sp³-hybridized carbons (Fsp3) is 0.722. The number of likely N-dealkylation sites (tertiary alicyclic amines) is 1. The largest absolute Gasteiger partial charge is 0.345 e. The molecule has 144 valence electrons. The Morgan fingerprint density at radius 2 is 2.19 bits per heavy atom. The second kappa shape index (κ2) is 8.18. The van der Waals surface area contributed by atoms with Crippen molar-refractivity contribution in [3.8, 4) is 0 Å². The average molecular weight is 361 g/mol. The van der Waals surface area contributed by atoms with Crippen molar-refractivity contribution in [3.63, 3.8) is 0 Å². The number of aryl methyl sites for hydroxylation is 1. The van der Waals surface area contributed by atoms with E-state index in [4.69, 9.17) is 5.10 Å². The fourth-order valence-electron chi connectivity index (χ4n) is 3.69. The molecule has 1 N–H and O–H groups in total. The van der Waals surface area contributed by atoms with Gasteiger partial charge in [0.2, 0.25) is 0 Å². The molecule has 0 spiro atoms. The second-order valence-electron chi connectivity index (χ2n) is 7.53. The Morgan fingerprint density at radius 1 is 1.38 bits per heavy atom. The summed E-state index contributed by atoms with van der Waals surface area (Å²) in [6, 6.07) is 2.10. The van der Waals surface area contributed by atoms with Gasteiger partial charge in [-0.3, -0.25) is 14.6 Å². The number of hydrogen-bond donors (Lipinski definition) is 1. The molecule has 1 saturated heterocycles. The maximum atomic E-state index is 12.7. The van der Waals surface area contributed by atoms with E-state index in [2.05, 4.69) is 26.1 Å². The van der Waals surface area contributed by atoms with Crippen LogP contribution in [0.2, 0.25) is 0 Å². The second-order valence-corrected chi connectivity index (χ2v) is 7.53. The van der Waals surface area contributed by atoms with Crippen LogP contribution in [0.25, 0.3) is 0 Å². The lowest BCUT2D eigenvalue weighted by atomic mass is 9.97. The molecular formula is C18H31N7O. The first kappa shape index (κ1) is 18.8. The minimum absolute atomic E-state index is 0.0180. The summed E-state index contributed by atoms with van der Waals surface area (Å²) in [4.78, 5) is 17.2. The average Bonchev–Trinajstić information content (AvgIpc) is 3.16. The van der Waals surface area contributed by atoms with Gasteiger partial charge >= 0.3 is 5.69 Å². The number of nitrogens with zero attached hydrogens (tertiary/aromatic N) is 6. The summed E-state index contributed by atoms with van der Waals surface area (Å²) in [5, 5.41) is 12.1. The molecule has 1 unspecified atom stereocenters. The zero-order valence-corrected chi connectivity index (χ0v) is 16.4. The van der Waals surface area contributed by atoms with Crippen LogP contribution in [0.3, 0.4) is 0 Å². The van der Waals surface area contributed by atoms with Crippen molar-refractivity contribution >= 4 is 0 Å². The molecule has 0 radical (unpaired) electrons. The molecule has 2 aromatic heterocycles. The molecule has 8 nitrogen and oxygen atoms in total. The third-order valence-electron chi connectivity index (χ3n) is 5.04. The van der Waals surface area contributed by atoms with E-state index in [-0.39, 0.29) is 5.69 Å². The van der Waals surface area contributed by atoms with Crippen LogP contribution in [-0.4, -0.2) is 68.1 Å². The molecular weight excluding hydrogens is 330 g/mol. The summed E-state index contributed by atoms with van der Waals surface area (Å²) < 4.78 is 3.48. The van der Waals surface area contributed by atoms with E-state index < -0.39 is 0 Å². The first-order valence-electron chi connectivity index (χ1n) is 9.53. The highest BCUT2D eigenvalue weighted by atomic mass is 16.2. The Bertz CT molecular complexity index is 773. The molecule has 0 bridgehead atoms. The number of rotatable bonds is 7. The van der Waals surface area contributed by atoms with Gasteiger partial charge in [0.1, 0.15) is 5.82 Å². The lowest BCUT2D eigenvalue weighted by molar-refractivity contribution is 0.192. The van der Waals surface area contributed by atoms with E-state index in [9.17, 15) is 4.79 Å². The van der Waals surface area contributed by atoms with Gasteiger partial charge in [-0.25, -0.2) is 9.48 Å². The van der Waals surface area contributed by atoms with E-state index >= 15 is 0 Å². The summed E-state index contributed by atoms with van der Waals surface area (Å²) in [7, 11) is 4.02. The molecule has 26 heavy (non-hydrogen) atoms. The minimum Gasteiger partial charge on any atom is -0.308 e. The highest BCUT2D eigenvalue weighted by molar-refractivity contribution is 5.07. The molecule has 3 rings (SSSR count). The highest BCUT2D eigenvalue weighted by Crippen LogP contribution is 2.26. The Morgan fingerprint density at radius 3 is 2.85 bits per heavy atom. The number of likely N-dealkylation sites (N-methyl/N-ethyl adjacent to an activating group) is 1. The molecule has 0 saturated carbocycles. The third-order valence-corrected chi connectivity index (χ3v) is 5.04. The van der Waals surface area contributed by atoms with Crippen LogP contribution >= 0.6 is 0 Å². The molecule has 0 aromatic carbocycles. The van der Waals surface area contributed by atoms with Crippen molar-refractivity contribution in [1.29, 1.82) is 0 Å². The Hall–Kier alpha value is -1.93. The lowest BCUT2D eigenvalue weighted by Gasteiger charge is -2.31. The summed E-state index contributed by atoms with van der Waals surface area (Å²) in [6.45, 7) is 9.01. The topological polar surface area (TPSA) is 75.0 Å². The summed E-state index contributed by atoms with van der Waals surface area (Å²) >= 11 is 0. The van der Waals surface area contributed by atoms with E-state index in [1.165, 1.54) is 0 Å². The van der Waals surface area contributed by atoms with Crippen molar-refractivity contribution < 1.29 is 0 Å². The number of piperidine rings is 1. The van der Waals surface area contributed by atoms with Crippen LogP contribution in [0.1, 0.15) is 42.9 Å². The zero-order valence-electron chi connectivity index (χ0n) is 16.4. The molecule has 0 amide bonds. The molecule has 1 atom stereocenters. The number of nitrogens with one attached hydrogen (secondary N) is 1. The molecule has 1 aliphatic heterocycles. The van der Waals surface area contributed by atoms with Crippen molar-refractivity contribution in [2.24, 2.45) is 0 Å². The molecule has 1 aliphatic rings. The van der Waals surface area contributed by atoms with Crippen molar-refractivity contribution in [3.05, 3.63) is 33.8 Å². The fourth-order valence-corrected chi connectivity index (χ4v) is 3.69. The van der Waals surface area contributed by atoms with Gasteiger partial charge in [0, 0.05) is 37.8 Å². The van der Waals surface area contributed by atoms with Crippen molar-refractivity contribution in [1.82, 2.24) is 34.3 Å². The van der Waals surface area contributed by atoms with Crippen LogP contribution in [0, 0.1) is 6.92 Å². The summed E-state index contributed by atoms with van der Waals surface area (Å²) in [6.07, 6.45) is 2.21. The quantitative estimate of drug-likeness (QED) is 0.797. The molecule has 1 fully saturated rings. The highest BCUT2D eigenvalue weighted by Gasteiger charge is 2.27. The SMILES string of the molecule is CCn1c(C2CCCN(Cc3cc(C)[nH]n3)C2)nn(CCN(C)C)c1=O. The van der Waals surface area contributed by atoms with Crippen LogP contribution in [0.4, 0.5) is 0 Å². The number of H-pyrrole nitrogens is 1. The molecule has 0 aliphatic carbocycles. The van der Waals surface area contributed by atoms with E-state index in [1.54, 1.807) is 4.68 Å². The van der Waals surface area contributed by atoms with E-state index in [0.29, 0.717) is 19.0 Å². The standard InChI is InChI=1S/C18H31N7O/c1-5-24-17(21-25(18(24)26)10-9-22(3)4)15-7-6-8-23(12-15)13-16-11-14(2)19-20-16/h11,15H,5-10,12-13H2,1-4H3,(H,19,20). The van der Waals surface area contributed by atoms with Gasteiger partial charge in [-0.15, -0.1) is 0 Å². The first-order valence-corrected chi connectivity index (χ1v) is 9.53. The number of aromatic amines is 1.